The van der Waals surface area contributed by atoms with Crippen LogP contribution >= 0.6 is 0 Å². The average Bonchev–Trinajstić information content (AvgIpc) is 3.40. The maximum absolute atomic E-state index is 14.1. The van der Waals surface area contributed by atoms with E-state index >= 15 is 0 Å². The van der Waals surface area contributed by atoms with Crippen molar-refractivity contribution in [3.05, 3.63) is 82.4 Å². The fourth-order valence-electron chi connectivity index (χ4n) is 6.39. The van der Waals surface area contributed by atoms with E-state index in [1.165, 1.54) is 16.6 Å². The monoisotopic (exact) mass is 643 g/mol. The van der Waals surface area contributed by atoms with Crippen LogP contribution in [0.2, 0.25) is 0 Å². The fourth-order valence-corrected chi connectivity index (χ4v) is 7.99. The van der Waals surface area contributed by atoms with Gasteiger partial charge >= 0.3 is 12.1 Å². The molecule has 0 radical (unpaired) electrons. The van der Waals surface area contributed by atoms with Gasteiger partial charge in [0.05, 0.1) is 12.5 Å². The van der Waals surface area contributed by atoms with E-state index in [-0.39, 0.29) is 36.1 Å². The van der Waals surface area contributed by atoms with Gasteiger partial charge in [0.2, 0.25) is 15.8 Å². The van der Waals surface area contributed by atoms with E-state index in [2.05, 4.69) is 25.0 Å². The molecule has 3 aromatic heterocycles. The molecule has 1 aromatic carbocycles. The van der Waals surface area contributed by atoms with Gasteiger partial charge in [0.1, 0.15) is 10.7 Å². The minimum absolute atomic E-state index is 0.0208. The summed E-state index contributed by atoms with van der Waals surface area (Å²) in [7, 11) is -1.95. The van der Waals surface area contributed by atoms with Crippen molar-refractivity contribution in [2.24, 2.45) is 0 Å². The van der Waals surface area contributed by atoms with E-state index in [0.29, 0.717) is 41.2 Å². The van der Waals surface area contributed by atoms with Crippen LogP contribution in [0.4, 0.5) is 19.0 Å². The molecule has 0 amide bonds. The molecule has 0 spiro atoms. The molecule has 0 aliphatic carbocycles. The highest BCUT2D eigenvalue weighted by Crippen LogP contribution is 2.37. The molecule has 2 aliphatic heterocycles. The Hall–Kier alpha value is -4.08. The Morgan fingerprint density at radius 2 is 1.89 bits per heavy atom. The first-order chi connectivity index (χ1) is 21.3. The molecule has 1 unspecified atom stereocenters. The van der Waals surface area contributed by atoms with Crippen LogP contribution in [0.25, 0.3) is 5.65 Å². The number of aryl methyl sites for hydroxylation is 2. The maximum atomic E-state index is 14.1. The summed E-state index contributed by atoms with van der Waals surface area (Å²) in [6, 6.07) is 9.90. The van der Waals surface area contributed by atoms with Crippen LogP contribution in [-0.2, 0) is 27.5 Å². The van der Waals surface area contributed by atoms with Crippen molar-refractivity contribution in [3.8, 4) is 0 Å². The van der Waals surface area contributed by atoms with E-state index < -0.39 is 33.9 Å². The van der Waals surface area contributed by atoms with Gasteiger partial charge < -0.3 is 14.9 Å². The molecule has 1 saturated heterocycles. The fraction of sp³-hybridized carbons (Fsp3) is 0.400. The minimum Gasteiger partial charge on any atom is -0.481 e. The number of rotatable bonds is 6. The number of aliphatic carboxylic acids is 1. The van der Waals surface area contributed by atoms with Crippen molar-refractivity contribution in [2.45, 2.75) is 49.8 Å². The number of fused-ring (bicyclic) bond motifs is 4. The number of likely N-dealkylation sites (N-methyl/N-ethyl adjacent to an activating group) is 1. The normalized spacial score (nSPS) is 19.6. The molecule has 238 valence electrons. The van der Waals surface area contributed by atoms with Crippen LogP contribution in [0.1, 0.15) is 46.0 Å². The highest BCUT2D eigenvalue weighted by molar-refractivity contribution is 7.89. The van der Waals surface area contributed by atoms with Gasteiger partial charge in [0, 0.05) is 51.0 Å². The third kappa shape index (κ3) is 5.64. The van der Waals surface area contributed by atoms with Gasteiger partial charge in [-0.1, -0.05) is 18.2 Å². The Balaban J connectivity index is 1.40. The van der Waals surface area contributed by atoms with E-state index in [0.717, 1.165) is 16.5 Å². The minimum atomic E-state index is -4.71. The molecule has 0 saturated carbocycles. The lowest BCUT2D eigenvalue weighted by atomic mass is 9.85. The number of benzene rings is 1. The second kappa shape index (κ2) is 11.4. The Morgan fingerprint density at radius 1 is 1.11 bits per heavy atom. The number of carboxylic acids is 1. The number of halogens is 3. The standard InChI is InChI=1S/C30H32F3N7O4S/c1-18-6-7-20(24(14-26(41)42)23-8-10-40-27(19(23)2)35-36-29(40)30(31,32)33)13-21(18)15-38-17-22-16-37(3)11-12-39(22)28-25(45(38,43)44)5-4-9-34-28/h4-10,13,22,24H,11-12,14-17H2,1-3H3,(H,41,42)/t22?,24-/m1/s1. The van der Waals surface area contributed by atoms with E-state index in [9.17, 15) is 31.5 Å². The van der Waals surface area contributed by atoms with Gasteiger partial charge in [-0.3, -0.25) is 9.20 Å². The number of hydrogen-bond donors (Lipinski definition) is 1. The predicted octanol–water partition coefficient (Wildman–Crippen LogP) is 3.69. The number of hydrogen-bond acceptors (Lipinski definition) is 8. The number of aromatic nitrogens is 4. The van der Waals surface area contributed by atoms with Crippen LogP contribution in [0.3, 0.4) is 0 Å². The van der Waals surface area contributed by atoms with Gasteiger partial charge in [0.15, 0.2) is 5.65 Å². The van der Waals surface area contributed by atoms with Crippen molar-refractivity contribution in [2.75, 3.05) is 38.1 Å². The maximum Gasteiger partial charge on any atom is 0.452 e. The molecule has 6 rings (SSSR count). The molecule has 0 bridgehead atoms. The first kappa shape index (κ1) is 30.9. The number of anilines is 1. The zero-order valence-corrected chi connectivity index (χ0v) is 25.7. The van der Waals surface area contributed by atoms with Crippen LogP contribution in [-0.4, -0.2) is 87.5 Å². The predicted molar refractivity (Wildman–Crippen MR) is 158 cm³/mol. The van der Waals surface area contributed by atoms with E-state index in [4.69, 9.17) is 0 Å². The van der Waals surface area contributed by atoms with Gasteiger partial charge in [-0.25, -0.2) is 13.4 Å². The van der Waals surface area contributed by atoms with E-state index in [1.807, 2.05) is 20.0 Å². The number of carbonyl (C=O) groups is 1. The summed E-state index contributed by atoms with van der Waals surface area (Å²) in [5.41, 5.74) is 2.94. The second-order valence-corrected chi connectivity index (χ2v) is 13.6. The smallest absolute Gasteiger partial charge is 0.452 e. The molecule has 5 heterocycles. The average molecular weight is 644 g/mol. The summed E-state index contributed by atoms with van der Waals surface area (Å²) >= 11 is 0. The van der Waals surface area contributed by atoms with Crippen LogP contribution < -0.4 is 4.90 Å². The molecule has 2 atom stereocenters. The Morgan fingerprint density at radius 3 is 2.62 bits per heavy atom. The highest BCUT2D eigenvalue weighted by Gasteiger charge is 2.40. The molecule has 11 nitrogen and oxygen atoms in total. The van der Waals surface area contributed by atoms with Crippen LogP contribution in [0.15, 0.2) is 53.7 Å². The number of alkyl halides is 3. The van der Waals surface area contributed by atoms with Crippen molar-refractivity contribution in [3.63, 3.8) is 0 Å². The molecule has 1 N–H and O–H groups in total. The second-order valence-electron chi connectivity index (χ2n) is 11.7. The Labute approximate surface area is 258 Å². The molecule has 4 aromatic rings. The summed E-state index contributed by atoms with van der Waals surface area (Å²) in [6.07, 6.45) is -2.26. The highest BCUT2D eigenvalue weighted by atomic mass is 32.2. The van der Waals surface area contributed by atoms with Gasteiger partial charge in [0.25, 0.3) is 0 Å². The number of carboxylic acid groups (broad SMARTS) is 1. The Bertz CT molecular complexity index is 1900. The molecular weight excluding hydrogens is 611 g/mol. The largest absolute Gasteiger partial charge is 0.481 e. The molecule has 2 aliphatic rings. The lowest BCUT2D eigenvalue weighted by Crippen LogP contribution is -2.55. The summed E-state index contributed by atoms with van der Waals surface area (Å²) in [6.45, 7) is 5.79. The summed E-state index contributed by atoms with van der Waals surface area (Å²) < 4.78 is 70.8. The van der Waals surface area contributed by atoms with Crippen LogP contribution in [0.5, 0.6) is 0 Å². The Kier molecular flexibility index (Phi) is 7.82. The number of piperazine rings is 1. The van der Waals surface area contributed by atoms with Crippen molar-refractivity contribution in [1.82, 2.24) is 28.8 Å². The number of sulfonamides is 1. The zero-order valence-electron chi connectivity index (χ0n) is 24.9. The first-order valence-electron chi connectivity index (χ1n) is 14.4. The lowest BCUT2D eigenvalue weighted by molar-refractivity contribution is -0.145. The number of nitrogens with zero attached hydrogens (tertiary/aromatic N) is 7. The lowest BCUT2D eigenvalue weighted by Gasteiger charge is -2.40. The summed E-state index contributed by atoms with van der Waals surface area (Å²) in [4.78, 5) is 20.9. The third-order valence-corrected chi connectivity index (χ3v) is 10.6. The zero-order chi connectivity index (χ0) is 32.3. The van der Waals surface area contributed by atoms with Gasteiger partial charge in [-0.15, -0.1) is 10.2 Å². The molecular formula is C30H32F3N7O4S. The van der Waals surface area contributed by atoms with E-state index in [1.54, 1.807) is 37.4 Å². The van der Waals surface area contributed by atoms with Gasteiger partial charge in [-0.2, -0.15) is 17.5 Å². The first-order valence-corrected chi connectivity index (χ1v) is 15.8. The molecule has 15 heteroatoms. The SMILES string of the molecule is Cc1ccc([C@@H](CC(=O)O)c2ccn3c(C(F)(F)F)nnc3c2C)cc1CN1CC2CN(C)CCN2c2ncccc2S1(=O)=O. The summed E-state index contributed by atoms with van der Waals surface area (Å²) in [5, 5.41) is 16.9. The van der Waals surface area contributed by atoms with Crippen molar-refractivity contribution in [1.29, 1.82) is 0 Å². The van der Waals surface area contributed by atoms with Crippen molar-refractivity contribution < 1.29 is 31.5 Å². The third-order valence-electron chi connectivity index (χ3n) is 8.74. The summed E-state index contributed by atoms with van der Waals surface area (Å²) in [5.74, 6) is -2.57. The van der Waals surface area contributed by atoms with Crippen LogP contribution in [0, 0.1) is 13.8 Å². The molecule has 45 heavy (non-hydrogen) atoms. The quantitative estimate of drug-likeness (QED) is 0.335. The van der Waals surface area contributed by atoms with Gasteiger partial charge in [-0.05, 0) is 66.9 Å². The topological polar surface area (TPSA) is 124 Å². The number of pyridine rings is 2. The van der Waals surface area contributed by atoms with Crippen molar-refractivity contribution >= 4 is 27.5 Å². The molecule has 1 fully saturated rings.